The third-order valence-corrected chi connectivity index (χ3v) is 4.05. The second-order valence-electron chi connectivity index (χ2n) is 5.39. The van der Waals surface area contributed by atoms with Crippen LogP contribution in [0.2, 0.25) is 5.02 Å². The van der Waals surface area contributed by atoms with Crippen molar-refractivity contribution in [2.24, 2.45) is 0 Å². The molecule has 1 aromatic rings. The summed E-state index contributed by atoms with van der Waals surface area (Å²) in [6, 6.07) is 5.39. The van der Waals surface area contributed by atoms with Crippen molar-refractivity contribution in [1.29, 1.82) is 0 Å². The van der Waals surface area contributed by atoms with E-state index in [0.717, 1.165) is 6.54 Å². The van der Waals surface area contributed by atoms with Crippen molar-refractivity contribution in [3.8, 4) is 0 Å². The smallest absolute Gasteiger partial charge is 0.146 e. The van der Waals surface area contributed by atoms with Crippen LogP contribution >= 0.6 is 11.6 Å². The van der Waals surface area contributed by atoms with Gasteiger partial charge >= 0.3 is 0 Å². The Morgan fingerprint density at radius 2 is 2.25 bits per heavy atom. The van der Waals surface area contributed by atoms with Gasteiger partial charge in [0, 0.05) is 24.7 Å². The number of hydrogen-bond acceptors (Lipinski definition) is 3. The molecule has 1 heterocycles. The Labute approximate surface area is 125 Å². The van der Waals surface area contributed by atoms with Crippen LogP contribution in [0.3, 0.4) is 0 Å². The van der Waals surface area contributed by atoms with Crippen LogP contribution in [0.25, 0.3) is 0 Å². The van der Waals surface area contributed by atoms with Crippen LogP contribution < -0.4 is 5.32 Å². The predicted octanol–water partition coefficient (Wildman–Crippen LogP) is 2.85. The molecule has 5 heteroatoms. The minimum absolute atomic E-state index is 0.0795. The van der Waals surface area contributed by atoms with Gasteiger partial charge in [-0.3, -0.25) is 4.90 Å². The fourth-order valence-corrected chi connectivity index (χ4v) is 3.01. The Hall–Kier alpha value is -0.680. The molecular formula is C15H22ClFN2O. The summed E-state index contributed by atoms with van der Waals surface area (Å²) in [5.74, 6) is -0.337. The largest absolute Gasteiger partial charge is 0.374 e. The van der Waals surface area contributed by atoms with E-state index >= 15 is 0 Å². The highest BCUT2D eigenvalue weighted by atomic mass is 35.5. The number of benzene rings is 1. The van der Waals surface area contributed by atoms with Crippen molar-refractivity contribution < 1.29 is 9.13 Å². The van der Waals surface area contributed by atoms with E-state index in [1.807, 2.05) is 7.05 Å². The van der Waals surface area contributed by atoms with E-state index in [9.17, 15) is 4.39 Å². The average Bonchev–Trinajstić information content (AvgIpc) is 2.42. The molecule has 0 aliphatic carbocycles. The third-order valence-electron chi connectivity index (χ3n) is 3.76. The summed E-state index contributed by atoms with van der Waals surface area (Å²) >= 11 is 5.94. The lowest BCUT2D eigenvalue weighted by Crippen LogP contribution is -2.51. The zero-order chi connectivity index (χ0) is 14.7. The highest BCUT2D eigenvalue weighted by molar-refractivity contribution is 6.30. The number of hydrogen-bond donors (Lipinski definition) is 1. The lowest BCUT2D eigenvalue weighted by Gasteiger charge is -2.43. The van der Waals surface area contributed by atoms with E-state index < -0.39 is 0 Å². The zero-order valence-electron chi connectivity index (χ0n) is 12.2. The molecule has 0 aromatic heterocycles. The van der Waals surface area contributed by atoms with Crippen LogP contribution in [-0.4, -0.2) is 43.8 Å². The van der Waals surface area contributed by atoms with E-state index in [0.29, 0.717) is 24.8 Å². The highest BCUT2D eigenvalue weighted by Gasteiger charge is 2.36. The van der Waals surface area contributed by atoms with Gasteiger partial charge in [-0.25, -0.2) is 4.39 Å². The van der Waals surface area contributed by atoms with E-state index in [1.165, 1.54) is 0 Å². The van der Waals surface area contributed by atoms with Gasteiger partial charge < -0.3 is 10.1 Å². The molecule has 1 aliphatic rings. The Bertz CT molecular complexity index is 453. The van der Waals surface area contributed by atoms with Crippen molar-refractivity contribution in [1.82, 2.24) is 10.2 Å². The van der Waals surface area contributed by atoms with Crippen LogP contribution in [0.5, 0.6) is 0 Å². The molecule has 1 aromatic carbocycles. The molecule has 0 saturated carbocycles. The van der Waals surface area contributed by atoms with Crippen LogP contribution in [-0.2, 0) is 4.74 Å². The number of likely N-dealkylation sites (N-methyl/N-ethyl adjacent to an activating group) is 1. The fourth-order valence-electron chi connectivity index (χ4n) is 2.83. The number of rotatable bonds is 4. The van der Waals surface area contributed by atoms with Crippen LogP contribution in [0.4, 0.5) is 4.39 Å². The van der Waals surface area contributed by atoms with Gasteiger partial charge in [0.15, 0.2) is 0 Å². The molecule has 0 radical (unpaired) electrons. The van der Waals surface area contributed by atoms with Gasteiger partial charge in [0.05, 0.1) is 23.8 Å². The van der Waals surface area contributed by atoms with Gasteiger partial charge in [0.2, 0.25) is 0 Å². The Balaban J connectivity index is 2.40. The molecule has 1 fully saturated rings. The van der Waals surface area contributed by atoms with Gasteiger partial charge in [-0.05, 0) is 27.0 Å². The normalized spacial score (nSPS) is 24.3. The molecule has 20 heavy (non-hydrogen) atoms. The molecule has 1 N–H and O–H groups in total. The van der Waals surface area contributed by atoms with Crippen LogP contribution in [0.1, 0.15) is 25.5 Å². The standard InChI is InChI=1S/C15H22ClFN2O/c1-10(2)19-7-8-20-13(9-18-3)15(19)11-5-4-6-12(16)14(11)17/h4-6,10,13,15,18H,7-9H2,1-3H3. The molecule has 1 aliphatic heterocycles. The minimum Gasteiger partial charge on any atom is -0.374 e. The molecule has 1 saturated heterocycles. The van der Waals surface area contributed by atoms with Crippen molar-refractivity contribution in [3.63, 3.8) is 0 Å². The number of morpholine rings is 1. The van der Waals surface area contributed by atoms with Gasteiger partial charge in [0.1, 0.15) is 5.82 Å². The van der Waals surface area contributed by atoms with Crippen molar-refractivity contribution >= 4 is 11.6 Å². The number of nitrogens with zero attached hydrogens (tertiary/aromatic N) is 1. The summed E-state index contributed by atoms with van der Waals surface area (Å²) in [5, 5.41) is 3.29. The lowest BCUT2D eigenvalue weighted by molar-refractivity contribution is -0.0825. The first-order valence-electron chi connectivity index (χ1n) is 7.02. The molecule has 112 valence electrons. The quantitative estimate of drug-likeness (QED) is 0.925. The van der Waals surface area contributed by atoms with Gasteiger partial charge in [-0.2, -0.15) is 0 Å². The second kappa shape index (κ2) is 6.85. The number of nitrogens with one attached hydrogen (secondary N) is 1. The Kier molecular flexibility index (Phi) is 5.38. The first-order chi connectivity index (χ1) is 9.56. The summed E-state index contributed by atoms with van der Waals surface area (Å²) < 4.78 is 20.2. The summed E-state index contributed by atoms with van der Waals surface area (Å²) in [5.41, 5.74) is 0.617. The summed E-state index contributed by atoms with van der Waals surface area (Å²) in [4.78, 5) is 2.28. The van der Waals surface area contributed by atoms with E-state index in [4.69, 9.17) is 16.3 Å². The maximum atomic E-state index is 14.4. The first kappa shape index (κ1) is 15.7. The molecule has 0 amide bonds. The number of ether oxygens (including phenoxy) is 1. The molecule has 0 spiro atoms. The van der Waals surface area contributed by atoms with E-state index in [1.54, 1.807) is 18.2 Å². The molecule has 2 atom stereocenters. The Morgan fingerprint density at radius 3 is 2.90 bits per heavy atom. The van der Waals surface area contributed by atoms with E-state index in [-0.39, 0.29) is 23.0 Å². The van der Waals surface area contributed by atoms with Crippen LogP contribution in [0.15, 0.2) is 18.2 Å². The minimum atomic E-state index is -0.337. The Morgan fingerprint density at radius 1 is 1.50 bits per heavy atom. The predicted molar refractivity (Wildman–Crippen MR) is 79.7 cm³/mol. The molecule has 0 bridgehead atoms. The van der Waals surface area contributed by atoms with Gasteiger partial charge in [0.25, 0.3) is 0 Å². The van der Waals surface area contributed by atoms with Crippen molar-refractivity contribution in [2.45, 2.75) is 32.0 Å². The highest BCUT2D eigenvalue weighted by Crippen LogP contribution is 2.34. The average molecular weight is 301 g/mol. The topological polar surface area (TPSA) is 24.5 Å². The van der Waals surface area contributed by atoms with Gasteiger partial charge in [-0.15, -0.1) is 0 Å². The maximum Gasteiger partial charge on any atom is 0.146 e. The monoisotopic (exact) mass is 300 g/mol. The molecule has 3 nitrogen and oxygen atoms in total. The summed E-state index contributed by atoms with van der Waals surface area (Å²) in [6.07, 6.45) is -0.0795. The second-order valence-corrected chi connectivity index (χ2v) is 5.79. The third kappa shape index (κ3) is 3.14. The van der Waals surface area contributed by atoms with Crippen molar-refractivity contribution in [2.75, 3.05) is 26.7 Å². The molecule has 2 unspecified atom stereocenters. The SMILES string of the molecule is CNCC1OCCN(C(C)C)C1c1cccc(Cl)c1F. The lowest BCUT2D eigenvalue weighted by atomic mass is 9.96. The van der Waals surface area contributed by atoms with Crippen LogP contribution in [0, 0.1) is 5.82 Å². The maximum absolute atomic E-state index is 14.4. The zero-order valence-corrected chi connectivity index (χ0v) is 13.0. The summed E-state index contributed by atoms with van der Waals surface area (Å²) in [7, 11) is 1.88. The molecular weight excluding hydrogens is 279 g/mol. The first-order valence-corrected chi connectivity index (χ1v) is 7.40. The number of halogens is 2. The summed E-state index contributed by atoms with van der Waals surface area (Å²) in [6.45, 7) is 6.39. The van der Waals surface area contributed by atoms with Crippen molar-refractivity contribution in [3.05, 3.63) is 34.6 Å². The molecule has 2 rings (SSSR count). The van der Waals surface area contributed by atoms with E-state index in [2.05, 4.69) is 24.1 Å². The fraction of sp³-hybridized carbons (Fsp3) is 0.600. The van der Waals surface area contributed by atoms with Gasteiger partial charge in [-0.1, -0.05) is 23.7 Å².